The fourth-order valence-electron chi connectivity index (χ4n) is 1.23. The molecular weight excluding hydrogens is 164 g/mol. The van der Waals surface area contributed by atoms with E-state index in [2.05, 4.69) is 4.90 Å². The monoisotopic (exact) mass is 180 g/mol. The Morgan fingerprint density at radius 3 is 2.62 bits per heavy atom. The lowest BCUT2D eigenvalue weighted by molar-refractivity contribution is 0.372. The predicted octanol–water partition coefficient (Wildman–Crippen LogP) is 1.34. The third-order valence-electron chi connectivity index (χ3n) is 1.80. The molecule has 0 aliphatic carbocycles. The molecule has 0 unspecified atom stereocenters. The molecule has 2 N–H and O–H groups in total. The number of rotatable bonds is 3. The van der Waals surface area contributed by atoms with E-state index >= 15 is 0 Å². The van der Waals surface area contributed by atoms with E-state index in [-0.39, 0.29) is 0 Å². The molecule has 0 aliphatic heterocycles. The number of benzene rings is 1. The molecule has 0 aromatic heterocycles. The van der Waals surface area contributed by atoms with Crippen molar-refractivity contribution in [3.05, 3.63) is 23.8 Å². The average molecular weight is 180 g/mol. The third kappa shape index (κ3) is 2.63. The summed E-state index contributed by atoms with van der Waals surface area (Å²) in [5.41, 5.74) is 7.53. The minimum atomic E-state index is 0.736. The molecule has 0 aliphatic rings. The fourth-order valence-corrected chi connectivity index (χ4v) is 1.23. The number of hydrogen-bond acceptors (Lipinski definition) is 3. The maximum atomic E-state index is 5.64. The van der Waals surface area contributed by atoms with Crippen LogP contribution in [-0.4, -0.2) is 26.1 Å². The second-order valence-electron chi connectivity index (χ2n) is 3.31. The molecule has 1 aromatic rings. The minimum absolute atomic E-state index is 0.736. The zero-order valence-corrected chi connectivity index (χ0v) is 8.37. The Hall–Kier alpha value is -1.22. The molecule has 1 aromatic carbocycles. The summed E-state index contributed by atoms with van der Waals surface area (Å²) in [6.45, 7) is 0.865. The van der Waals surface area contributed by atoms with E-state index in [4.69, 9.17) is 10.5 Å². The van der Waals surface area contributed by atoms with Crippen LogP contribution in [0.15, 0.2) is 18.2 Å². The van der Waals surface area contributed by atoms with E-state index in [0.717, 1.165) is 23.5 Å². The molecule has 0 spiro atoms. The first-order valence-electron chi connectivity index (χ1n) is 4.20. The van der Waals surface area contributed by atoms with Gasteiger partial charge in [0.15, 0.2) is 0 Å². The van der Waals surface area contributed by atoms with Gasteiger partial charge >= 0.3 is 0 Å². The molecule has 13 heavy (non-hydrogen) atoms. The number of anilines is 1. The lowest BCUT2D eigenvalue weighted by Gasteiger charge is -2.13. The molecule has 0 radical (unpaired) electrons. The quantitative estimate of drug-likeness (QED) is 0.713. The summed E-state index contributed by atoms with van der Waals surface area (Å²) < 4.78 is 5.22. The van der Waals surface area contributed by atoms with Gasteiger partial charge in [0.1, 0.15) is 5.75 Å². The van der Waals surface area contributed by atoms with Gasteiger partial charge in [0.25, 0.3) is 0 Å². The Morgan fingerprint density at radius 1 is 1.38 bits per heavy atom. The van der Waals surface area contributed by atoms with Crippen molar-refractivity contribution >= 4 is 5.69 Å². The van der Waals surface area contributed by atoms with Crippen LogP contribution in [0.4, 0.5) is 5.69 Å². The van der Waals surface area contributed by atoms with Gasteiger partial charge in [-0.3, -0.25) is 0 Å². The average Bonchev–Trinajstić information content (AvgIpc) is 2.07. The highest BCUT2D eigenvalue weighted by atomic mass is 16.5. The Balaban J connectivity index is 2.92. The highest BCUT2D eigenvalue weighted by Crippen LogP contribution is 2.22. The number of methoxy groups -OCH3 is 1. The van der Waals surface area contributed by atoms with Crippen LogP contribution in [0.25, 0.3) is 0 Å². The number of nitrogens with two attached hydrogens (primary N) is 1. The molecule has 0 saturated carbocycles. The molecule has 0 heterocycles. The summed E-state index contributed by atoms with van der Waals surface area (Å²) >= 11 is 0. The molecule has 3 heteroatoms. The van der Waals surface area contributed by atoms with Gasteiger partial charge in [-0.05, 0) is 20.2 Å². The van der Waals surface area contributed by atoms with Crippen molar-refractivity contribution in [2.24, 2.45) is 0 Å². The Morgan fingerprint density at radius 2 is 2.08 bits per heavy atom. The van der Waals surface area contributed by atoms with Crippen LogP contribution < -0.4 is 10.5 Å². The van der Waals surface area contributed by atoms with E-state index in [9.17, 15) is 0 Å². The highest BCUT2D eigenvalue weighted by Gasteiger charge is 2.03. The summed E-state index contributed by atoms with van der Waals surface area (Å²) in [5.74, 6) is 0.855. The van der Waals surface area contributed by atoms with Crippen LogP contribution >= 0.6 is 0 Å². The molecule has 0 atom stereocenters. The first-order chi connectivity index (χ1) is 6.13. The maximum absolute atomic E-state index is 5.64. The van der Waals surface area contributed by atoms with Crippen LogP contribution in [0.3, 0.4) is 0 Å². The number of hydrogen-bond donors (Lipinski definition) is 1. The van der Waals surface area contributed by atoms with E-state index in [0.29, 0.717) is 0 Å². The standard InChI is InChI=1S/C10H16N2O/c1-12(2)7-8-4-5-9(11)6-10(8)13-3/h4-6H,7,11H2,1-3H3. The molecule has 0 fully saturated rings. The Bertz CT molecular complexity index is 284. The lowest BCUT2D eigenvalue weighted by atomic mass is 10.2. The van der Waals surface area contributed by atoms with Crippen molar-refractivity contribution in [1.82, 2.24) is 4.90 Å². The Labute approximate surface area is 79.1 Å². The topological polar surface area (TPSA) is 38.5 Å². The smallest absolute Gasteiger partial charge is 0.125 e. The lowest BCUT2D eigenvalue weighted by Crippen LogP contribution is -2.11. The van der Waals surface area contributed by atoms with Crippen molar-refractivity contribution in [3.63, 3.8) is 0 Å². The first kappa shape index (κ1) is 9.86. The zero-order chi connectivity index (χ0) is 9.84. The van der Waals surface area contributed by atoms with Crippen molar-refractivity contribution in [2.75, 3.05) is 26.9 Å². The fraction of sp³-hybridized carbons (Fsp3) is 0.400. The second-order valence-corrected chi connectivity index (χ2v) is 3.31. The van der Waals surface area contributed by atoms with Crippen LogP contribution in [0, 0.1) is 0 Å². The van der Waals surface area contributed by atoms with Crippen LogP contribution in [-0.2, 0) is 6.54 Å². The predicted molar refractivity (Wildman–Crippen MR) is 54.8 cm³/mol. The molecule has 0 amide bonds. The zero-order valence-electron chi connectivity index (χ0n) is 8.37. The molecule has 3 nitrogen and oxygen atoms in total. The number of ether oxygens (including phenoxy) is 1. The van der Waals surface area contributed by atoms with Gasteiger partial charge in [0.05, 0.1) is 7.11 Å². The van der Waals surface area contributed by atoms with Crippen LogP contribution in [0.5, 0.6) is 5.75 Å². The van der Waals surface area contributed by atoms with Crippen molar-refractivity contribution in [2.45, 2.75) is 6.54 Å². The van der Waals surface area contributed by atoms with E-state index in [1.807, 2.05) is 32.3 Å². The third-order valence-corrected chi connectivity index (χ3v) is 1.80. The summed E-state index contributed by atoms with van der Waals surface area (Å²) in [5, 5.41) is 0. The first-order valence-corrected chi connectivity index (χ1v) is 4.20. The molecule has 0 saturated heterocycles. The molecule has 1 rings (SSSR count). The molecule has 72 valence electrons. The molecular formula is C10H16N2O. The van der Waals surface area contributed by atoms with Crippen molar-refractivity contribution < 1.29 is 4.74 Å². The largest absolute Gasteiger partial charge is 0.496 e. The van der Waals surface area contributed by atoms with Crippen LogP contribution in [0.1, 0.15) is 5.56 Å². The van der Waals surface area contributed by atoms with E-state index in [1.165, 1.54) is 0 Å². The van der Waals surface area contributed by atoms with Crippen molar-refractivity contribution in [1.29, 1.82) is 0 Å². The minimum Gasteiger partial charge on any atom is -0.496 e. The second kappa shape index (κ2) is 4.14. The van der Waals surface area contributed by atoms with Gasteiger partial charge in [0, 0.05) is 23.9 Å². The normalized spacial score (nSPS) is 10.5. The number of nitrogens with zero attached hydrogens (tertiary/aromatic N) is 1. The summed E-state index contributed by atoms with van der Waals surface area (Å²) in [6.07, 6.45) is 0. The summed E-state index contributed by atoms with van der Waals surface area (Å²) in [4.78, 5) is 2.09. The van der Waals surface area contributed by atoms with Gasteiger partial charge in [0.2, 0.25) is 0 Å². The van der Waals surface area contributed by atoms with Gasteiger partial charge in [-0.1, -0.05) is 6.07 Å². The summed E-state index contributed by atoms with van der Waals surface area (Å²) in [7, 11) is 5.71. The maximum Gasteiger partial charge on any atom is 0.125 e. The summed E-state index contributed by atoms with van der Waals surface area (Å²) in [6, 6.07) is 5.73. The van der Waals surface area contributed by atoms with Crippen molar-refractivity contribution in [3.8, 4) is 5.75 Å². The highest BCUT2D eigenvalue weighted by molar-refractivity contribution is 5.48. The van der Waals surface area contributed by atoms with E-state index < -0.39 is 0 Å². The Kier molecular flexibility index (Phi) is 3.14. The van der Waals surface area contributed by atoms with E-state index in [1.54, 1.807) is 7.11 Å². The number of nitrogen functional groups attached to an aromatic ring is 1. The SMILES string of the molecule is COc1cc(N)ccc1CN(C)C. The van der Waals surface area contributed by atoms with Gasteiger partial charge in [-0.2, -0.15) is 0 Å². The van der Waals surface area contributed by atoms with Gasteiger partial charge in [-0.25, -0.2) is 0 Å². The van der Waals surface area contributed by atoms with Crippen LogP contribution in [0.2, 0.25) is 0 Å². The van der Waals surface area contributed by atoms with Gasteiger partial charge < -0.3 is 15.4 Å². The molecule has 0 bridgehead atoms. The van der Waals surface area contributed by atoms with Gasteiger partial charge in [-0.15, -0.1) is 0 Å².